The lowest BCUT2D eigenvalue weighted by Crippen LogP contribution is -2.19. The van der Waals surface area contributed by atoms with Crippen molar-refractivity contribution in [2.45, 2.75) is 26.4 Å². The largest absolute Gasteiger partial charge is 0.373 e. The van der Waals surface area contributed by atoms with Gasteiger partial charge in [0.25, 0.3) is 0 Å². The van der Waals surface area contributed by atoms with Gasteiger partial charge in [-0.1, -0.05) is 30.7 Å². The van der Waals surface area contributed by atoms with Crippen molar-refractivity contribution in [3.63, 3.8) is 0 Å². The van der Waals surface area contributed by atoms with Crippen molar-refractivity contribution in [3.05, 3.63) is 29.3 Å². The van der Waals surface area contributed by atoms with Gasteiger partial charge in [-0.2, -0.15) is 5.10 Å². The Morgan fingerprint density at radius 1 is 1.33 bits per heavy atom. The van der Waals surface area contributed by atoms with Gasteiger partial charge in [-0.15, -0.1) is 0 Å². The van der Waals surface area contributed by atoms with Crippen LogP contribution in [0.4, 0.5) is 0 Å². The summed E-state index contributed by atoms with van der Waals surface area (Å²) in [5.41, 5.74) is 0.738. The number of aromatic nitrogens is 4. The van der Waals surface area contributed by atoms with Crippen LogP contribution in [0.25, 0.3) is 11.0 Å². The van der Waals surface area contributed by atoms with Crippen molar-refractivity contribution in [2.24, 2.45) is 18.9 Å². The van der Waals surface area contributed by atoms with E-state index < -0.39 is 0 Å². The lowest BCUT2D eigenvalue weighted by Gasteiger charge is -2.24. The molecule has 6 heteroatoms. The Bertz CT molecular complexity index is 667. The molecule has 1 aliphatic carbocycles. The molecule has 0 saturated heterocycles. The number of nitrogens with zero attached hydrogens (tertiary/aromatic N) is 4. The number of hydrogen-bond acceptors (Lipinski definition) is 4. The second kappa shape index (κ2) is 6.12. The zero-order chi connectivity index (χ0) is 14.8. The molecule has 2 unspecified atom stereocenters. The first-order valence-electron chi connectivity index (χ1n) is 7.22. The predicted molar refractivity (Wildman–Crippen MR) is 82.0 cm³/mol. The molecular formula is C15H19ClN4O. The molecule has 1 aliphatic rings. The van der Waals surface area contributed by atoms with Gasteiger partial charge >= 0.3 is 0 Å². The van der Waals surface area contributed by atoms with Crippen LogP contribution in [0.1, 0.15) is 25.6 Å². The molecule has 0 amide bonds. The summed E-state index contributed by atoms with van der Waals surface area (Å²) in [6.07, 6.45) is 8.39. The SMILES string of the molecule is CC1CC=CCC1COCc1nc(Cl)c2cnn(C)c2n1. The van der Waals surface area contributed by atoms with Crippen LogP contribution in [0.5, 0.6) is 0 Å². The average Bonchev–Trinajstić information content (AvgIpc) is 2.83. The molecule has 2 aromatic rings. The highest BCUT2D eigenvalue weighted by atomic mass is 35.5. The summed E-state index contributed by atoms with van der Waals surface area (Å²) in [5, 5.41) is 5.35. The van der Waals surface area contributed by atoms with Crippen molar-refractivity contribution < 1.29 is 4.74 Å². The van der Waals surface area contributed by atoms with E-state index in [0.29, 0.717) is 29.4 Å². The van der Waals surface area contributed by atoms with E-state index in [1.807, 2.05) is 7.05 Å². The fourth-order valence-electron chi connectivity index (χ4n) is 2.64. The Hall–Kier alpha value is -1.46. The van der Waals surface area contributed by atoms with Crippen molar-refractivity contribution in [3.8, 4) is 0 Å². The van der Waals surface area contributed by atoms with Gasteiger partial charge in [0, 0.05) is 7.05 Å². The van der Waals surface area contributed by atoms with E-state index in [1.54, 1.807) is 10.9 Å². The van der Waals surface area contributed by atoms with Gasteiger partial charge in [-0.25, -0.2) is 9.97 Å². The molecule has 0 saturated carbocycles. The molecule has 0 fully saturated rings. The Morgan fingerprint density at radius 2 is 2.14 bits per heavy atom. The molecule has 3 rings (SSSR count). The minimum absolute atomic E-state index is 0.383. The summed E-state index contributed by atoms with van der Waals surface area (Å²) in [4.78, 5) is 8.74. The molecule has 0 bridgehead atoms. The molecule has 2 atom stereocenters. The van der Waals surface area contributed by atoms with Gasteiger partial charge in [0.2, 0.25) is 0 Å². The molecule has 0 radical (unpaired) electrons. The maximum absolute atomic E-state index is 6.16. The third-order valence-electron chi connectivity index (χ3n) is 4.07. The lowest BCUT2D eigenvalue weighted by molar-refractivity contribution is 0.0643. The standard InChI is InChI=1S/C15H19ClN4O/c1-10-5-3-4-6-11(10)8-21-9-13-18-14(16)12-7-17-20(2)15(12)19-13/h3-4,7,10-11H,5-6,8-9H2,1-2H3. The summed E-state index contributed by atoms with van der Waals surface area (Å²) in [6, 6.07) is 0. The minimum atomic E-state index is 0.383. The van der Waals surface area contributed by atoms with E-state index in [-0.39, 0.29) is 0 Å². The van der Waals surface area contributed by atoms with Crippen LogP contribution in [-0.4, -0.2) is 26.4 Å². The fourth-order valence-corrected chi connectivity index (χ4v) is 2.87. The number of fused-ring (bicyclic) bond motifs is 1. The number of halogens is 1. The van der Waals surface area contributed by atoms with E-state index >= 15 is 0 Å². The van der Waals surface area contributed by atoms with Crippen LogP contribution in [0.3, 0.4) is 0 Å². The maximum Gasteiger partial charge on any atom is 0.162 e. The second-order valence-corrected chi connectivity index (χ2v) is 5.99. The number of aryl methyl sites for hydroxylation is 1. The second-order valence-electron chi connectivity index (χ2n) is 5.63. The Kier molecular flexibility index (Phi) is 4.22. The molecule has 112 valence electrons. The third-order valence-corrected chi connectivity index (χ3v) is 4.36. The lowest BCUT2D eigenvalue weighted by atomic mass is 9.85. The van der Waals surface area contributed by atoms with Crippen molar-refractivity contribution in [1.82, 2.24) is 19.7 Å². The van der Waals surface area contributed by atoms with E-state index in [0.717, 1.165) is 30.5 Å². The first-order chi connectivity index (χ1) is 10.1. The predicted octanol–water partition coefficient (Wildman–Crippen LogP) is 3.14. The van der Waals surface area contributed by atoms with E-state index in [9.17, 15) is 0 Å². The molecule has 0 N–H and O–H groups in total. The summed E-state index contributed by atoms with van der Waals surface area (Å²) in [5.74, 6) is 1.85. The third kappa shape index (κ3) is 3.09. The van der Waals surface area contributed by atoms with E-state index in [1.165, 1.54) is 0 Å². The summed E-state index contributed by atoms with van der Waals surface area (Å²) in [7, 11) is 1.84. The molecule has 5 nitrogen and oxygen atoms in total. The van der Waals surface area contributed by atoms with Crippen LogP contribution in [-0.2, 0) is 18.4 Å². The number of rotatable bonds is 4. The van der Waals surface area contributed by atoms with Crippen LogP contribution >= 0.6 is 11.6 Å². The Labute approximate surface area is 129 Å². The molecule has 21 heavy (non-hydrogen) atoms. The van der Waals surface area contributed by atoms with Crippen molar-refractivity contribution in [1.29, 1.82) is 0 Å². The quantitative estimate of drug-likeness (QED) is 0.643. The van der Waals surface area contributed by atoms with Crippen LogP contribution < -0.4 is 0 Å². The van der Waals surface area contributed by atoms with Gasteiger partial charge < -0.3 is 4.74 Å². The zero-order valence-corrected chi connectivity index (χ0v) is 13.0. The molecular weight excluding hydrogens is 288 g/mol. The van der Waals surface area contributed by atoms with Gasteiger partial charge in [-0.05, 0) is 24.7 Å². The highest BCUT2D eigenvalue weighted by Crippen LogP contribution is 2.25. The van der Waals surface area contributed by atoms with Crippen LogP contribution in [0.15, 0.2) is 18.3 Å². The normalized spacial score (nSPS) is 22.0. The highest BCUT2D eigenvalue weighted by molar-refractivity contribution is 6.33. The van der Waals surface area contributed by atoms with Gasteiger partial charge in [0.15, 0.2) is 11.5 Å². The first kappa shape index (κ1) is 14.5. The Morgan fingerprint density at radius 3 is 2.95 bits per heavy atom. The highest BCUT2D eigenvalue weighted by Gasteiger charge is 2.18. The summed E-state index contributed by atoms with van der Waals surface area (Å²) >= 11 is 6.16. The first-order valence-corrected chi connectivity index (χ1v) is 7.60. The van der Waals surface area contributed by atoms with Crippen molar-refractivity contribution >= 4 is 22.6 Å². The van der Waals surface area contributed by atoms with Crippen LogP contribution in [0.2, 0.25) is 5.15 Å². The number of hydrogen-bond donors (Lipinski definition) is 0. The molecule has 0 spiro atoms. The topological polar surface area (TPSA) is 52.8 Å². The van der Waals surface area contributed by atoms with Crippen molar-refractivity contribution in [2.75, 3.05) is 6.61 Å². The minimum Gasteiger partial charge on any atom is -0.373 e. The maximum atomic E-state index is 6.16. The van der Waals surface area contributed by atoms with Gasteiger partial charge in [-0.3, -0.25) is 4.68 Å². The van der Waals surface area contributed by atoms with Gasteiger partial charge in [0.1, 0.15) is 11.8 Å². The Balaban J connectivity index is 1.65. The number of allylic oxidation sites excluding steroid dienone is 2. The van der Waals surface area contributed by atoms with E-state index in [4.69, 9.17) is 16.3 Å². The summed E-state index contributed by atoms with van der Waals surface area (Å²) in [6.45, 7) is 3.39. The zero-order valence-electron chi connectivity index (χ0n) is 12.3. The molecule has 0 aromatic carbocycles. The molecule has 2 heterocycles. The van der Waals surface area contributed by atoms with E-state index in [2.05, 4.69) is 34.1 Å². The molecule has 0 aliphatic heterocycles. The molecule has 2 aromatic heterocycles. The smallest absolute Gasteiger partial charge is 0.162 e. The number of ether oxygens (including phenoxy) is 1. The fraction of sp³-hybridized carbons (Fsp3) is 0.533. The average molecular weight is 307 g/mol. The summed E-state index contributed by atoms with van der Waals surface area (Å²) < 4.78 is 7.50. The van der Waals surface area contributed by atoms with Gasteiger partial charge in [0.05, 0.1) is 18.2 Å². The van der Waals surface area contributed by atoms with Crippen LogP contribution in [0, 0.1) is 11.8 Å². The monoisotopic (exact) mass is 306 g/mol.